The molecular weight excluding hydrogens is 196 g/mol. The van der Waals surface area contributed by atoms with Gasteiger partial charge in [0.15, 0.2) is 0 Å². The van der Waals surface area contributed by atoms with Crippen LogP contribution in [0.1, 0.15) is 18.9 Å². The second-order valence-corrected chi connectivity index (χ2v) is 3.90. The molecular formula is C11H14O2S. The van der Waals surface area contributed by atoms with Gasteiger partial charge in [0.1, 0.15) is 6.61 Å². The Balaban J connectivity index is 2.24. The average Bonchev–Trinajstić information content (AvgIpc) is 2.25. The van der Waals surface area contributed by atoms with Gasteiger partial charge in [-0.25, -0.2) is 4.79 Å². The van der Waals surface area contributed by atoms with E-state index in [0.717, 1.165) is 17.7 Å². The number of carbonyl (C=O) groups excluding carboxylic acids is 1. The van der Waals surface area contributed by atoms with E-state index in [1.807, 2.05) is 37.3 Å². The summed E-state index contributed by atoms with van der Waals surface area (Å²) in [6.07, 6.45) is 0.991. The number of hydrogen-bond acceptors (Lipinski definition) is 3. The van der Waals surface area contributed by atoms with Gasteiger partial charge in [-0.15, -0.1) is 0 Å². The number of hydrogen-bond donors (Lipinski definition) is 0. The Kier molecular flexibility index (Phi) is 5.15. The predicted octanol–water partition coefficient (Wildman–Crippen LogP) is 3.47. The Morgan fingerprint density at radius 2 is 2.07 bits per heavy atom. The maximum absolute atomic E-state index is 11.1. The molecule has 0 unspecified atom stereocenters. The Morgan fingerprint density at radius 1 is 1.36 bits per heavy atom. The van der Waals surface area contributed by atoms with Gasteiger partial charge >= 0.3 is 5.30 Å². The molecule has 0 radical (unpaired) electrons. The highest BCUT2D eigenvalue weighted by atomic mass is 32.2. The molecule has 0 aliphatic carbocycles. The molecule has 3 heteroatoms. The lowest BCUT2D eigenvalue weighted by molar-refractivity contribution is 0.168. The molecule has 76 valence electrons. The van der Waals surface area contributed by atoms with Gasteiger partial charge in [-0.1, -0.05) is 37.3 Å². The third kappa shape index (κ3) is 4.33. The monoisotopic (exact) mass is 210 g/mol. The summed E-state index contributed by atoms with van der Waals surface area (Å²) < 4.78 is 5.05. The predicted molar refractivity (Wildman–Crippen MR) is 59.4 cm³/mol. The van der Waals surface area contributed by atoms with Gasteiger partial charge in [-0.05, 0) is 23.7 Å². The fourth-order valence-electron chi connectivity index (χ4n) is 0.944. The molecule has 0 aliphatic rings. The zero-order valence-corrected chi connectivity index (χ0v) is 9.05. The minimum Gasteiger partial charge on any atom is -0.453 e. The first kappa shape index (κ1) is 11.1. The first-order valence-corrected chi connectivity index (χ1v) is 5.65. The summed E-state index contributed by atoms with van der Waals surface area (Å²) in [6.45, 7) is 2.41. The molecule has 0 aromatic heterocycles. The molecule has 1 aromatic carbocycles. The fourth-order valence-corrected chi connectivity index (χ4v) is 1.46. The number of benzene rings is 1. The van der Waals surface area contributed by atoms with Gasteiger partial charge in [0, 0.05) is 5.75 Å². The zero-order chi connectivity index (χ0) is 10.2. The van der Waals surface area contributed by atoms with E-state index in [2.05, 4.69) is 0 Å². The lowest BCUT2D eigenvalue weighted by Gasteiger charge is -2.03. The molecule has 0 spiro atoms. The van der Waals surface area contributed by atoms with Crippen molar-refractivity contribution in [3.05, 3.63) is 35.9 Å². The van der Waals surface area contributed by atoms with Crippen LogP contribution in [0.3, 0.4) is 0 Å². The van der Waals surface area contributed by atoms with Crippen LogP contribution in [0.25, 0.3) is 0 Å². The zero-order valence-electron chi connectivity index (χ0n) is 8.23. The number of rotatable bonds is 4. The van der Waals surface area contributed by atoms with E-state index in [1.165, 1.54) is 11.8 Å². The first-order chi connectivity index (χ1) is 6.83. The van der Waals surface area contributed by atoms with Crippen LogP contribution >= 0.6 is 11.8 Å². The number of thioether (sulfide) groups is 1. The molecule has 1 rings (SSSR count). The lowest BCUT2D eigenvalue weighted by atomic mass is 10.2. The second kappa shape index (κ2) is 6.49. The van der Waals surface area contributed by atoms with Gasteiger partial charge < -0.3 is 4.74 Å². The van der Waals surface area contributed by atoms with Crippen molar-refractivity contribution in [2.24, 2.45) is 0 Å². The summed E-state index contributed by atoms with van der Waals surface area (Å²) in [4.78, 5) is 11.1. The molecule has 0 saturated heterocycles. The van der Waals surface area contributed by atoms with E-state index in [4.69, 9.17) is 4.74 Å². The van der Waals surface area contributed by atoms with E-state index in [9.17, 15) is 4.79 Å². The number of ether oxygens (including phenoxy) is 1. The van der Waals surface area contributed by atoms with Gasteiger partial charge in [-0.3, -0.25) is 0 Å². The van der Waals surface area contributed by atoms with Crippen LogP contribution in [0.2, 0.25) is 0 Å². The van der Waals surface area contributed by atoms with E-state index in [-0.39, 0.29) is 5.30 Å². The Hall–Kier alpha value is -0.960. The lowest BCUT2D eigenvalue weighted by Crippen LogP contribution is -1.98. The summed E-state index contributed by atoms with van der Waals surface area (Å²) in [5, 5.41) is -0.185. The van der Waals surface area contributed by atoms with Gasteiger partial charge in [0.2, 0.25) is 0 Å². The molecule has 0 heterocycles. The summed E-state index contributed by atoms with van der Waals surface area (Å²) in [7, 11) is 0. The molecule has 0 amide bonds. The van der Waals surface area contributed by atoms with E-state index in [0.29, 0.717) is 6.61 Å². The molecule has 0 N–H and O–H groups in total. The molecule has 0 atom stereocenters. The summed E-state index contributed by atoms with van der Waals surface area (Å²) >= 11 is 1.23. The summed E-state index contributed by atoms with van der Waals surface area (Å²) in [5.74, 6) is 0.827. The highest BCUT2D eigenvalue weighted by Crippen LogP contribution is 2.09. The third-order valence-corrected chi connectivity index (χ3v) is 2.59. The summed E-state index contributed by atoms with van der Waals surface area (Å²) in [6, 6.07) is 9.69. The average molecular weight is 210 g/mol. The van der Waals surface area contributed by atoms with Crippen LogP contribution in [-0.4, -0.2) is 11.1 Å². The highest BCUT2D eigenvalue weighted by Gasteiger charge is 2.02. The van der Waals surface area contributed by atoms with Crippen molar-refractivity contribution < 1.29 is 9.53 Å². The fraction of sp³-hybridized carbons (Fsp3) is 0.364. The minimum atomic E-state index is -0.185. The van der Waals surface area contributed by atoms with Gasteiger partial charge in [-0.2, -0.15) is 0 Å². The van der Waals surface area contributed by atoms with Crippen molar-refractivity contribution in [2.75, 3.05) is 5.75 Å². The maximum Gasteiger partial charge on any atom is 0.367 e. The summed E-state index contributed by atoms with van der Waals surface area (Å²) in [5.41, 5.74) is 1.03. The normalized spacial score (nSPS) is 9.79. The molecule has 0 saturated carbocycles. The van der Waals surface area contributed by atoms with Crippen LogP contribution in [0.4, 0.5) is 4.79 Å². The van der Waals surface area contributed by atoms with Crippen molar-refractivity contribution >= 4 is 17.1 Å². The number of carbonyl (C=O) groups is 1. The largest absolute Gasteiger partial charge is 0.453 e. The van der Waals surface area contributed by atoms with Gasteiger partial charge in [0.25, 0.3) is 0 Å². The maximum atomic E-state index is 11.1. The van der Waals surface area contributed by atoms with Crippen molar-refractivity contribution in [2.45, 2.75) is 20.0 Å². The van der Waals surface area contributed by atoms with Crippen molar-refractivity contribution in [1.29, 1.82) is 0 Å². The van der Waals surface area contributed by atoms with Crippen LogP contribution < -0.4 is 0 Å². The highest BCUT2D eigenvalue weighted by molar-refractivity contribution is 8.13. The third-order valence-electron chi connectivity index (χ3n) is 1.62. The molecule has 0 fully saturated rings. The SMILES string of the molecule is CCCSC(=O)OCc1ccccc1. The van der Waals surface area contributed by atoms with Crippen LogP contribution in [-0.2, 0) is 11.3 Å². The first-order valence-electron chi connectivity index (χ1n) is 4.66. The molecule has 14 heavy (non-hydrogen) atoms. The van der Waals surface area contributed by atoms with Crippen LogP contribution in [0, 0.1) is 0 Å². The second-order valence-electron chi connectivity index (χ2n) is 2.87. The Labute approximate surface area is 88.7 Å². The smallest absolute Gasteiger partial charge is 0.367 e. The van der Waals surface area contributed by atoms with E-state index >= 15 is 0 Å². The van der Waals surface area contributed by atoms with Crippen LogP contribution in [0.15, 0.2) is 30.3 Å². The molecule has 1 aromatic rings. The van der Waals surface area contributed by atoms with E-state index < -0.39 is 0 Å². The molecule has 0 bridgehead atoms. The van der Waals surface area contributed by atoms with Crippen molar-refractivity contribution in [3.8, 4) is 0 Å². The van der Waals surface area contributed by atoms with Crippen LogP contribution in [0.5, 0.6) is 0 Å². The minimum absolute atomic E-state index is 0.185. The Morgan fingerprint density at radius 3 is 2.71 bits per heavy atom. The van der Waals surface area contributed by atoms with E-state index in [1.54, 1.807) is 0 Å². The quantitative estimate of drug-likeness (QED) is 0.712. The topological polar surface area (TPSA) is 26.3 Å². The Bertz CT molecular complexity index is 272. The molecule has 2 nitrogen and oxygen atoms in total. The van der Waals surface area contributed by atoms with Crippen molar-refractivity contribution in [3.63, 3.8) is 0 Å². The molecule has 0 aliphatic heterocycles. The van der Waals surface area contributed by atoms with Gasteiger partial charge in [0.05, 0.1) is 0 Å². The van der Waals surface area contributed by atoms with Crippen molar-refractivity contribution in [1.82, 2.24) is 0 Å². The standard InChI is InChI=1S/C11H14O2S/c1-2-8-14-11(12)13-9-10-6-4-3-5-7-10/h3-7H,2,8-9H2,1H3.